The Kier molecular flexibility index (Phi) is 3.83. The van der Waals surface area contributed by atoms with E-state index in [9.17, 15) is 13.6 Å². The van der Waals surface area contributed by atoms with Crippen LogP contribution in [0.4, 0.5) is 14.5 Å². The average Bonchev–Trinajstić information content (AvgIpc) is 2.13. The van der Waals surface area contributed by atoms with Gasteiger partial charge in [-0.2, -0.15) is 0 Å². The molecule has 1 aromatic carbocycles. The van der Waals surface area contributed by atoms with Crippen LogP contribution in [0.2, 0.25) is 0 Å². The third kappa shape index (κ3) is 2.65. The van der Waals surface area contributed by atoms with Crippen molar-refractivity contribution in [1.29, 1.82) is 0 Å². The molecule has 0 spiro atoms. The molecule has 0 bridgehead atoms. The van der Waals surface area contributed by atoms with Gasteiger partial charge in [0.1, 0.15) is 11.7 Å². The van der Waals surface area contributed by atoms with Crippen molar-refractivity contribution in [3.05, 3.63) is 28.2 Å². The molecule has 14 heavy (non-hydrogen) atoms. The Balaban J connectivity index is 3.02. The van der Waals surface area contributed by atoms with Crippen LogP contribution in [0, 0.1) is 11.6 Å². The third-order valence-corrected chi connectivity index (χ3v) is 2.21. The monoisotopic (exact) mass is 283 g/mol. The number of halogens is 4. The standard InChI is InChI=1S/C8H5BrClF2NO/c9-5-1-4(11)2-6(8(5)12)13-7(14)3-10/h1-2H,3H2,(H,13,14). The maximum Gasteiger partial charge on any atom is 0.239 e. The van der Waals surface area contributed by atoms with E-state index in [0.717, 1.165) is 12.1 Å². The molecular formula is C8H5BrClF2NO. The molecule has 1 rings (SSSR count). The van der Waals surface area contributed by atoms with Crippen molar-refractivity contribution in [2.75, 3.05) is 11.2 Å². The van der Waals surface area contributed by atoms with Crippen molar-refractivity contribution in [2.24, 2.45) is 0 Å². The van der Waals surface area contributed by atoms with E-state index in [-0.39, 0.29) is 16.0 Å². The van der Waals surface area contributed by atoms with Crippen molar-refractivity contribution < 1.29 is 13.6 Å². The Morgan fingerprint density at radius 3 is 2.71 bits per heavy atom. The van der Waals surface area contributed by atoms with E-state index in [2.05, 4.69) is 21.2 Å². The normalized spacial score (nSPS) is 10.0. The Morgan fingerprint density at radius 1 is 1.50 bits per heavy atom. The molecule has 0 saturated carbocycles. The summed E-state index contributed by atoms with van der Waals surface area (Å²) in [5, 5.41) is 2.13. The molecule has 0 radical (unpaired) electrons. The number of carbonyl (C=O) groups excluding carboxylic acids is 1. The van der Waals surface area contributed by atoms with Gasteiger partial charge in [-0.3, -0.25) is 4.79 Å². The van der Waals surface area contributed by atoms with Gasteiger partial charge in [0, 0.05) is 6.07 Å². The molecule has 0 aromatic heterocycles. The van der Waals surface area contributed by atoms with Crippen LogP contribution in [-0.2, 0) is 4.79 Å². The lowest BCUT2D eigenvalue weighted by Crippen LogP contribution is -2.14. The predicted molar refractivity (Wildman–Crippen MR) is 53.4 cm³/mol. The van der Waals surface area contributed by atoms with Crippen LogP contribution >= 0.6 is 27.5 Å². The maximum absolute atomic E-state index is 13.2. The van der Waals surface area contributed by atoms with Crippen molar-refractivity contribution in [2.45, 2.75) is 0 Å². The summed E-state index contributed by atoms with van der Waals surface area (Å²) in [7, 11) is 0. The van der Waals surface area contributed by atoms with E-state index < -0.39 is 17.5 Å². The van der Waals surface area contributed by atoms with Crippen molar-refractivity contribution >= 4 is 39.1 Å². The number of nitrogens with one attached hydrogen (secondary N) is 1. The fourth-order valence-electron chi connectivity index (χ4n) is 0.831. The Morgan fingerprint density at radius 2 is 2.14 bits per heavy atom. The summed E-state index contributed by atoms with van der Waals surface area (Å²) in [5.41, 5.74) is -0.234. The van der Waals surface area contributed by atoms with Crippen molar-refractivity contribution in [3.63, 3.8) is 0 Å². The largest absolute Gasteiger partial charge is 0.322 e. The number of benzene rings is 1. The van der Waals surface area contributed by atoms with Crippen LogP contribution < -0.4 is 5.32 Å². The van der Waals surface area contributed by atoms with Crippen molar-refractivity contribution in [1.82, 2.24) is 0 Å². The zero-order valence-corrected chi connectivity index (χ0v) is 9.12. The molecule has 0 aliphatic heterocycles. The van der Waals surface area contributed by atoms with Gasteiger partial charge in [0.05, 0.1) is 10.2 Å². The van der Waals surface area contributed by atoms with Gasteiger partial charge in [0.15, 0.2) is 5.82 Å². The van der Waals surface area contributed by atoms with E-state index in [1.807, 2.05) is 0 Å². The van der Waals surface area contributed by atoms with E-state index in [0.29, 0.717) is 0 Å². The van der Waals surface area contributed by atoms with E-state index in [1.165, 1.54) is 0 Å². The molecule has 0 fully saturated rings. The molecule has 0 heterocycles. The maximum atomic E-state index is 13.2. The highest BCUT2D eigenvalue weighted by atomic mass is 79.9. The van der Waals surface area contributed by atoms with Gasteiger partial charge in [-0.1, -0.05) is 0 Å². The Hall–Kier alpha value is -0.680. The van der Waals surface area contributed by atoms with Crippen LogP contribution in [0.3, 0.4) is 0 Å². The van der Waals surface area contributed by atoms with Crippen LogP contribution in [0.1, 0.15) is 0 Å². The van der Waals surface area contributed by atoms with Gasteiger partial charge in [-0.25, -0.2) is 8.78 Å². The van der Waals surface area contributed by atoms with Crippen LogP contribution in [0.5, 0.6) is 0 Å². The van der Waals surface area contributed by atoms with Crippen molar-refractivity contribution in [3.8, 4) is 0 Å². The fraction of sp³-hybridized carbons (Fsp3) is 0.125. The van der Waals surface area contributed by atoms with E-state index in [1.54, 1.807) is 0 Å². The highest BCUT2D eigenvalue weighted by Crippen LogP contribution is 2.24. The Labute approximate surface area is 92.4 Å². The SMILES string of the molecule is O=C(CCl)Nc1cc(F)cc(Br)c1F. The molecule has 0 unspecified atom stereocenters. The lowest BCUT2D eigenvalue weighted by atomic mass is 10.3. The minimum absolute atomic E-state index is 0.0534. The minimum Gasteiger partial charge on any atom is -0.322 e. The first-order valence-electron chi connectivity index (χ1n) is 3.55. The van der Waals surface area contributed by atoms with Crippen LogP contribution in [0.25, 0.3) is 0 Å². The second-order valence-corrected chi connectivity index (χ2v) is 3.55. The average molecular weight is 284 g/mol. The van der Waals surface area contributed by atoms with Gasteiger partial charge >= 0.3 is 0 Å². The number of alkyl halides is 1. The summed E-state index contributed by atoms with van der Waals surface area (Å²) in [6.45, 7) is 0. The highest BCUT2D eigenvalue weighted by Gasteiger charge is 2.11. The van der Waals surface area contributed by atoms with E-state index >= 15 is 0 Å². The molecule has 0 atom stereocenters. The second-order valence-electron chi connectivity index (χ2n) is 2.43. The summed E-state index contributed by atoms with van der Waals surface area (Å²) in [5.74, 6) is -2.29. The third-order valence-electron chi connectivity index (χ3n) is 1.39. The molecule has 76 valence electrons. The molecule has 1 amide bonds. The number of anilines is 1. The summed E-state index contributed by atoms with van der Waals surface area (Å²) < 4.78 is 25.9. The molecule has 1 N–H and O–H groups in total. The van der Waals surface area contributed by atoms with Gasteiger partial charge in [0.25, 0.3) is 0 Å². The smallest absolute Gasteiger partial charge is 0.239 e. The summed E-state index contributed by atoms with van der Waals surface area (Å²) in [6, 6.07) is 1.84. The molecule has 0 aliphatic rings. The zero-order chi connectivity index (χ0) is 10.7. The predicted octanol–water partition coefficient (Wildman–Crippen LogP) is 2.90. The molecular weight excluding hydrogens is 279 g/mol. The zero-order valence-electron chi connectivity index (χ0n) is 6.78. The second kappa shape index (κ2) is 4.70. The topological polar surface area (TPSA) is 29.1 Å². The lowest BCUT2D eigenvalue weighted by Gasteiger charge is -2.05. The van der Waals surface area contributed by atoms with Gasteiger partial charge < -0.3 is 5.32 Å². The fourth-order valence-corrected chi connectivity index (χ4v) is 1.33. The molecule has 6 heteroatoms. The quantitative estimate of drug-likeness (QED) is 0.656. The highest BCUT2D eigenvalue weighted by molar-refractivity contribution is 9.10. The van der Waals surface area contributed by atoms with Gasteiger partial charge in [0.2, 0.25) is 5.91 Å². The number of carbonyl (C=O) groups is 1. The summed E-state index contributed by atoms with van der Waals surface area (Å²) in [4.78, 5) is 10.8. The van der Waals surface area contributed by atoms with Crippen LogP contribution in [-0.4, -0.2) is 11.8 Å². The number of rotatable bonds is 2. The molecule has 0 saturated heterocycles. The number of hydrogen-bond acceptors (Lipinski definition) is 1. The molecule has 2 nitrogen and oxygen atoms in total. The minimum atomic E-state index is -0.732. The van der Waals surface area contributed by atoms with Crippen LogP contribution in [0.15, 0.2) is 16.6 Å². The summed E-state index contributed by atoms with van der Waals surface area (Å²) in [6.07, 6.45) is 0. The first-order valence-corrected chi connectivity index (χ1v) is 4.87. The first-order chi connectivity index (χ1) is 6.54. The van der Waals surface area contributed by atoms with Gasteiger partial charge in [-0.05, 0) is 22.0 Å². The first kappa shape index (κ1) is 11.4. The Bertz CT molecular complexity index is 373. The molecule has 1 aromatic rings. The number of hydrogen-bond donors (Lipinski definition) is 1. The lowest BCUT2D eigenvalue weighted by molar-refractivity contribution is -0.113. The summed E-state index contributed by atoms with van der Waals surface area (Å²) >= 11 is 8.00. The number of amides is 1. The van der Waals surface area contributed by atoms with E-state index in [4.69, 9.17) is 11.6 Å². The van der Waals surface area contributed by atoms with Gasteiger partial charge in [-0.15, -0.1) is 11.6 Å². The molecule has 0 aliphatic carbocycles.